The zero-order valence-corrected chi connectivity index (χ0v) is 13.4. The molecule has 0 saturated carbocycles. The first kappa shape index (κ1) is 15.5. The molecule has 0 aliphatic carbocycles. The molecule has 0 aromatic carbocycles. The zero-order chi connectivity index (χ0) is 14.9. The van der Waals surface area contributed by atoms with E-state index in [4.69, 9.17) is 11.6 Å². The SMILES string of the molecule is CC(C)[C@@H]1CN(c2ncccc2Cl)C[C@H]1NS(C)(=O)=O. The van der Waals surface area contributed by atoms with Crippen LogP contribution in [0.15, 0.2) is 18.3 Å². The van der Waals surface area contributed by atoms with Crippen LogP contribution < -0.4 is 9.62 Å². The number of anilines is 1. The molecule has 1 N–H and O–H groups in total. The molecule has 2 heterocycles. The van der Waals surface area contributed by atoms with Crippen LogP contribution >= 0.6 is 11.6 Å². The second-order valence-corrected chi connectivity index (χ2v) is 7.81. The van der Waals surface area contributed by atoms with E-state index in [1.54, 1.807) is 18.3 Å². The first-order valence-electron chi connectivity index (χ1n) is 6.60. The van der Waals surface area contributed by atoms with E-state index in [0.29, 0.717) is 17.5 Å². The van der Waals surface area contributed by atoms with Crippen molar-refractivity contribution in [2.75, 3.05) is 24.2 Å². The Balaban J connectivity index is 2.22. The number of nitrogens with one attached hydrogen (secondary N) is 1. The smallest absolute Gasteiger partial charge is 0.209 e. The molecule has 1 aliphatic rings. The minimum atomic E-state index is -3.22. The van der Waals surface area contributed by atoms with E-state index in [0.717, 1.165) is 12.4 Å². The van der Waals surface area contributed by atoms with Crippen LogP contribution in [-0.2, 0) is 10.0 Å². The predicted molar refractivity (Wildman–Crippen MR) is 81.6 cm³/mol. The molecule has 20 heavy (non-hydrogen) atoms. The fourth-order valence-corrected chi connectivity index (χ4v) is 3.73. The number of rotatable bonds is 4. The Kier molecular flexibility index (Phi) is 4.56. The van der Waals surface area contributed by atoms with Crippen LogP contribution in [0.2, 0.25) is 5.02 Å². The summed E-state index contributed by atoms with van der Waals surface area (Å²) in [6, 6.07) is 3.47. The van der Waals surface area contributed by atoms with Crippen molar-refractivity contribution in [3.8, 4) is 0 Å². The minimum absolute atomic E-state index is 0.108. The standard InChI is InChI=1S/C13H20ClN3O2S/c1-9(2)10-7-17(8-12(10)16-20(3,18)19)13-11(14)5-4-6-15-13/h4-6,9-10,12,16H,7-8H2,1-3H3/t10-,12+/m0/s1. The van der Waals surface area contributed by atoms with Gasteiger partial charge in [-0.1, -0.05) is 25.4 Å². The Hall–Kier alpha value is -0.850. The highest BCUT2D eigenvalue weighted by atomic mass is 35.5. The fraction of sp³-hybridized carbons (Fsp3) is 0.615. The summed E-state index contributed by atoms with van der Waals surface area (Å²) in [6.07, 6.45) is 2.89. The molecule has 2 atom stereocenters. The third-order valence-electron chi connectivity index (χ3n) is 3.63. The van der Waals surface area contributed by atoms with Gasteiger partial charge in [0.25, 0.3) is 0 Å². The van der Waals surface area contributed by atoms with Crippen LogP contribution in [-0.4, -0.2) is 38.8 Å². The van der Waals surface area contributed by atoms with Gasteiger partial charge >= 0.3 is 0 Å². The van der Waals surface area contributed by atoms with Gasteiger partial charge in [0.2, 0.25) is 10.0 Å². The van der Waals surface area contributed by atoms with Crippen LogP contribution in [0.1, 0.15) is 13.8 Å². The molecule has 1 aromatic heterocycles. The third-order valence-corrected chi connectivity index (χ3v) is 4.65. The average Bonchev–Trinajstić information content (AvgIpc) is 2.71. The van der Waals surface area contributed by atoms with Gasteiger partial charge in [0.05, 0.1) is 11.3 Å². The third kappa shape index (κ3) is 3.62. The monoisotopic (exact) mass is 317 g/mol. The molecule has 1 saturated heterocycles. The normalized spacial score (nSPS) is 23.6. The van der Waals surface area contributed by atoms with Crippen molar-refractivity contribution < 1.29 is 8.42 Å². The van der Waals surface area contributed by atoms with Crippen molar-refractivity contribution in [2.24, 2.45) is 11.8 Å². The number of pyridine rings is 1. The van der Waals surface area contributed by atoms with Gasteiger partial charge < -0.3 is 4.90 Å². The lowest BCUT2D eigenvalue weighted by Gasteiger charge is -2.21. The first-order valence-corrected chi connectivity index (χ1v) is 8.87. The fourth-order valence-electron chi connectivity index (χ4n) is 2.69. The lowest BCUT2D eigenvalue weighted by molar-refractivity contribution is 0.365. The predicted octanol–water partition coefficient (Wildman–Crippen LogP) is 1.74. The van der Waals surface area contributed by atoms with E-state index >= 15 is 0 Å². The Bertz CT molecular complexity index is 577. The van der Waals surface area contributed by atoms with Crippen LogP contribution in [0.5, 0.6) is 0 Å². The molecule has 1 aliphatic heterocycles. The van der Waals surface area contributed by atoms with Gasteiger partial charge in [-0.05, 0) is 24.0 Å². The van der Waals surface area contributed by atoms with Gasteiger partial charge in [0.1, 0.15) is 5.82 Å². The summed E-state index contributed by atoms with van der Waals surface area (Å²) in [5, 5.41) is 0.593. The molecule has 2 rings (SSSR count). The van der Waals surface area contributed by atoms with Crippen LogP contribution in [0.25, 0.3) is 0 Å². The summed E-state index contributed by atoms with van der Waals surface area (Å²) in [4.78, 5) is 6.35. The summed E-state index contributed by atoms with van der Waals surface area (Å²) in [5.74, 6) is 1.34. The number of sulfonamides is 1. The maximum Gasteiger partial charge on any atom is 0.209 e. The van der Waals surface area contributed by atoms with Gasteiger partial charge in [-0.15, -0.1) is 0 Å². The molecule has 112 valence electrons. The summed E-state index contributed by atoms with van der Waals surface area (Å²) >= 11 is 6.17. The molecule has 7 heteroatoms. The maximum absolute atomic E-state index is 11.5. The highest BCUT2D eigenvalue weighted by Crippen LogP contribution is 2.31. The summed E-state index contributed by atoms with van der Waals surface area (Å²) < 4.78 is 25.7. The molecule has 0 amide bonds. The second kappa shape index (κ2) is 5.87. The van der Waals surface area contributed by atoms with Gasteiger partial charge in [-0.2, -0.15) is 0 Å². The average molecular weight is 318 g/mol. The van der Waals surface area contributed by atoms with E-state index in [2.05, 4.69) is 28.5 Å². The Morgan fingerprint density at radius 2 is 2.15 bits per heavy atom. The van der Waals surface area contributed by atoms with Crippen LogP contribution in [0, 0.1) is 11.8 Å². The largest absolute Gasteiger partial charge is 0.353 e. The van der Waals surface area contributed by atoms with E-state index in [1.807, 2.05) is 0 Å². The van der Waals surface area contributed by atoms with Gasteiger partial charge in [-0.3, -0.25) is 0 Å². The van der Waals surface area contributed by atoms with Gasteiger partial charge in [-0.25, -0.2) is 18.1 Å². The van der Waals surface area contributed by atoms with Crippen molar-refractivity contribution in [2.45, 2.75) is 19.9 Å². The topological polar surface area (TPSA) is 62.3 Å². The molecule has 1 fully saturated rings. The van der Waals surface area contributed by atoms with Crippen molar-refractivity contribution in [3.05, 3.63) is 23.4 Å². The van der Waals surface area contributed by atoms with Gasteiger partial charge in [0, 0.05) is 25.3 Å². The maximum atomic E-state index is 11.5. The number of halogens is 1. The van der Waals surface area contributed by atoms with E-state index in [1.165, 1.54) is 6.26 Å². The molecular formula is C13H20ClN3O2S. The van der Waals surface area contributed by atoms with E-state index in [9.17, 15) is 8.42 Å². The highest BCUT2D eigenvalue weighted by Gasteiger charge is 2.37. The van der Waals surface area contributed by atoms with E-state index in [-0.39, 0.29) is 12.0 Å². The molecular weight excluding hydrogens is 298 g/mol. The lowest BCUT2D eigenvalue weighted by atomic mass is 9.92. The lowest BCUT2D eigenvalue weighted by Crippen LogP contribution is -2.41. The Labute approximate surface area is 125 Å². The van der Waals surface area contributed by atoms with Crippen molar-refractivity contribution >= 4 is 27.4 Å². The number of aromatic nitrogens is 1. The number of hydrogen-bond donors (Lipinski definition) is 1. The second-order valence-electron chi connectivity index (χ2n) is 5.62. The molecule has 5 nitrogen and oxygen atoms in total. The van der Waals surface area contributed by atoms with Crippen molar-refractivity contribution in [1.82, 2.24) is 9.71 Å². The molecule has 0 radical (unpaired) electrons. The Morgan fingerprint density at radius 1 is 1.45 bits per heavy atom. The zero-order valence-electron chi connectivity index (χ0n) is 11.9. The molecule has 0 unspecified atom stereocenters. The quantitative estimate of drug-likeness (QED) is 0.919. The summed E-state index contributed by atoms with van der Waals surface area (Å²) in [5.41, 5.74) is 0. The summed E-state index contributed by atoms with van der Waals surface area (Å²) in [6.45, 7) is 5.55. The minimum Gasteiger partial charge on any atom is -0.353 e. The Morgan fingerprint density at radius 3 is 2.70 bits per heavy atom. The molecule has 1 aromatic rings. The van der Waals surface area contributed by atoms with Crippen LogP contribution in [0.3, 0.4) is 0 Å². The molecule has 0 bridgehead atoms. The van der Waals surface area contributed by atoms with Crippen molar-refractivity contribution in [1.29, 1.82) is 0 Å². The van der Waals surface area contributed by atoms with Crippen LogP contribution in [0.4, 0.5) is 5.82 Å². The first-order chi connectivity index (χ1) is 9.28. The highest BCUT2D eigenvalue weighted by molar-refractivity contribution is 7.88. The number of hydrogen-bond acceptors (Lipinski definition) is 4. The van der Waals surface area contributed by atoms with Crippen molar-refractivity contribution in [3.63, 3.8) is 0 Å². The number of nitrogens with zero attached hydrogens (tertiary/aromatic N) is 2. The summed E-state index contributed by atoms with van der Waals surface area (Å²) in [7, 11) is -3.22. The van der Waals surface area contributed by atoms with E-state index < -0.39 is 10.0 Å². The molecule has 0 spiro atoms. The van der Waals surface area contributed by atoms with Gasteiger partial charge in [0.15, 0.2) is 0 Å².